The number of thioether (sulfide) groups is 2. The Balaban J connectivity index is 0.000000455. The van der Waals surface area contributed by atoms with Gasteiger partial charge in [0.2, 0.25) is 0 Å². The van der Waals surface area contributed by atoms with Crippen LogP contribution in [-0.2, 0) is 55.7 Å². The predicted molar refractivity (Wildman–Crippen MR) is 282 cm³/mol. The second kappa shape index (κ2) is 33.8. The summed E-state index contributed by atoms with van der Waals surface area (Å²) < 4.78 is 5.31. The van der Waals surface area contributed by atoms with Gasteiger partial charge in [0.05, 0.1) is 53.1 Å². The molecule has 0 spiro atoms. The Morgan fingerprint density at radius 1 is 0.479 bits per heavy atom. The van der Waals surface area contributed by atoms with Crippen molar-refractivity contribution in [3.05, 3.63) is 115 Å². The molecule has 71 heavy (non-hydrogen) atoms. The molecule has 19 heteroatoms. The summed E-state index contributed by atoms with van der Waals surface area (Å²) in [6.07, 6.45) is 8.23. The fourth-order valence-electron chi connectivity index (χ4n) is 8.11. The van der Waals surface area contributed by atoms with Gasteiger partial charge in [-0.2, -0.15) is 0 Å². The van der Waals surface area contributed by atoms with E-state index in [4.69, 9.17) is 0.954 Å². The minimum Gasteiger partial charge on any atom is -0.358 e. The summed E-state index contributed by atoms with van der Waals surface area (Å²) >= 11 is 5.96. The molecule has 0 saturated carbocycles. The molecule has 3 aliphatic heterocycles. The van der Waals surface area contributed by atoms with E-state index in [2.05, 4.69) is 43.8 Å². The Kier molecular flexibility index (Phi) is 28.8. The molecule has 3 aliphatic rings. The number of amides is 6. The van der Waals surface area contributed by atoms with Gasteiger partial charge in [-0.1, -0.05) is 115 Å². The smallest absolute Gasteiger partial charge is 0.358 e. The second-order valence-corrected chi connectivity index (χ2v) is 19.4. The normalized spacial score (nSPS) is 15.6. The number of nitrogens with zero attached hydrogens (tertiary/aromatic N) is 9. The van der Waals surface area contributed by atoms with Crippen LogP contribution in [0.15, 0.2) is 91.0 Å². The zero-order valence-electron chi connectivity index (χ0n) is 43.8. The Bertz CT molecular complexity index is 2000. The molecule has 0 aliphatic carbocycles. The summed E-state index contributed by atoms with van der Waals surface area (Å²) in [6, 6.07) is 30.3. The average Bonchev–Trinajstić information content (AvgIpc) is 3.37. The number of hydrogen-bond donors (Lipinski definition) is 0. The standard InChI is InChI=1S/C30H40N6O4.C13H19N3O.C8H14O2S2.CH3.Cu.H/c1-31-21-33(17-25-11-5-3-6-12-25)23-35(29(31)39)19-27(37)15-9-10-16-28(38)20-36-24-34(22-32(2)30(36)40)18-26-13-7-4-8-14-26;1-3-16-11-15(10-14(2)13(16)17)9-12-7-5-4-6-8-12;1-11-7(9)5-3-4-6-8(10)12-2;;;/h3-8,11-14H,9-10,15-24H2,1-2H3;4-8H,3,9-11H2,1-2H3;3-6H2,1-2H3;1H3;;/q;;;-1;+1;/i;;;;;1+2. The van der Waals surface area contributed by atoms with Crippen LogP contribution in [0.4, 0.5) is 14.4 Å². The number of unbranched alkanes of at least 4 members (excludes halogenated alkanes) is 2. The molecule has 3 aromatic rings. The van der Waals surface area contributed by atoms with Gasteiger partial charge < -0.3 is 36.8 Å². The summed E-state index contributed by atoms with van der Waals surface area (Å²) in [5.74, 6) is -0.0275. The van der Waals surface area contributed by atoms with Crippen molar-refractivity contribution in [2.45, 2.75) is 77.9 Å². The van der Waals surface area contributed by atoms with Crippen LogP contribution in [0.5, 0.6) is 0 Å². The van der Waals surface area contributed by atoms with E-state index in [9.17, 15) is 33.6 Å². The zero-order chi connectivity index (χ0) is 52.1. The van der Waals surface area contributed by atoms with Gasteiger partial charge in [-0.3, -0.25) is 33.9 Å². The largest absolute Gasteiger partial charge is 0.358 e. The molecule has 3 aromatic carbocycles. The third-order valence-electron chi connectivity index (χ3n) is 11.6. The summed E-state index contributed by atoms with van der Waals surface area (Å²) in [4.78, 5) is 101. The molecule has 0 atom stereocenters. The Morgan fingerprint density at radius 2 is 0.761 bits per heavy atom. The Morgan fingerprint density at radius 3 is 1.06 bits per heavy atom. The molecule has 3 heterocycles. The number of benzene rings is 3. The van der Waals surface area contributed by atoms with Crippen LogP contribution in [-0.4, -0.2) is 178 Å². The maximum atomic E-state index is 12.7. The molecular weight excluding hydrogens is 990 g/mol. The van der Waals surface area contributed by atoms with Gasteiger partial charge >= 0.3 is 36.0 Å². The molecule has 16 nitrogen and oxygen atoms in total. The quantitative estimate of drug-likeness (QED) is 0.0590. The molecule has 3 saturated heterocycles. The van der Waals surface area contributed by atoms with Crippen molar-refractivity contribution in [1.82, 2.24) is 44.1 Å². The SMILES string of the molecule is CCN1CN(Cc2ccccc2)CN(C)C1=O.CN1CN(Cc2ccccc2)CN(CC(=O)CCCCC(=O)CN2CN(Cc3ccccc3)CN(C)C2=O)C1=O.CSC(=O)CCCCC(=O)SC.[3H][Cu+].[CH3-]. The van der Waals surface area contributed by atoms with Crippen molar-refractivity contribution in [2.75, 3.05) is 93.3 Å². The van der Waals surface area contributed by atoms with Crippen LogP contribution < -0.4 is 0 Å². The maximum Gasteiger partial charge on any atom is -0.358 e. The summed E-state index contributed by atoms with van der Waals surface area (Å²) in [7, 11) is 5.34. The number of carbonyl (C=O) groups is 7. The minimum atomic E-state index is -0.148. The molecule has 6 amide bonds. The molecule has 0 aromatic heterocycles. The van der Waals surface area contributed by atoms with Crippen LogP contribution in [0.3, 0.4) is 0 Å². The van der Waals surface area contributed by atoms with E-state index in [1.54, 1.807) is 51.1 Å². The first-order valence-corrected chi connectivity index (χ1v) is 26.1. The van der Waals surface area contributed by atoms with Gasteiger partial charge in [-0.25, -0.2) is 14.4 Å². The third-order valence-corrected chi connectivity index (χ3v) is 13.0. The van der Waals surface area contributed by atoms with Gasteiger partial charge in [0.25, 0.3) is 0 Å². The van der Waals surface area contributed by atoms with Gasteiger partial charge in [0, 0.05) is 73.0 Å². The van der Waals surface area contributed by atoms with Crippen molar-refractivity contribution >= 4 is 63.4 Å². The number of rotatable bonds is 21. The van der Waals surface area contributed by atoms with E-state index < -0.39 is 0 Å². The number of carbonyl (C=O) groups excluding carboxylic acids is 7. The van der Waals surface area contributed by atoms with Gasteiger partial charge in [-0.05, 0) is 61.8 Å². The zero-order valence-corrected chi connectivity index (χ0v) is 45.4. The Hall–Kier alpha value is -4.75. The number of hydrogen-bond acceptors (Lipinski definition) is 12. The summed E-state index contributed by atoms with van der Waals surface area (Å²) in [5.41, 5.74) is 3.59. The topological polar surface area (TPSA) is 149 Å². The van der Waals surface area contributed by atoms with Crippen molar-refractivity contribution in [3.8, 4) is 0 Å². The molecular formula is C52H77CuN9O7S2. The molecule has 6 rings (SSSR count). The van der Waals surface area contributed by atoms with E-state index >= 15 is 0 Å². The van der Waals surface area contributed by atoms with Crippen LogP contribution >= 0.6 is 23.5 Å². The first kappa shape index (κ1) is 60.6. The number of Topliss-reactive ketones (excluding diaryl/α,β-unsaturated/α-hetero) is 2. The molecule has 0 radical (unpaired) electrons. The van der Waals surface area contributed by atoms with E-state index in [0.717, 1.165) is 37.1 Å². The fourth-order valence-corrected chi connectivity index (χ4v) is 8.81. The van der Waals surface area contributed by atoms with Gasteiger partial charge in [-0.15, -0.1) is 0 Å². The summed E-state index contributed by atoms with van der Waals surface area (Å²) in [5, 5.41) is 0.429. The monoisotopic (exact) mass is 1070 g/mol. The maximum absolute atomic E-state index is 12.7. The second-order valence-electron chi connectivity index (χ2n) is 17.6. The van der Waals surface area contributed by atoms with Gasteiger partial charge in [0.15, 0.2) is 21.8 Å². The van der Waals surface area contributed by atoms with Crippen molar-refractivity contribution in [1.29, 1.82) is 0.954 Å². The van der Waals surface area contributed by atoms with Crippen molar-refractivity contribution in [3.63, 3.8) is 0 Å². The first-order chi connectivity index (χ1) is 34.2. The fraction of sp³-hybridized carbons (Fsp3) is 0.500. The molecule has 0 bridgehead atoms. The predicted octanol–water partition coefficient (Wildman–Crippen LogP) is 7.55. The van der Waals surface area contributed by atoms with E-state index in [0.29, 0.717) is 91.6 Å². The van der Waals surface area contributed by atoms with Crippen molar-refractivity contribution in [2.24, 2.45) is 0 Å². The number of urea groups is 3. The van der Waals surface area contributed by atoms with E-state index in [1.165, 1.54) is 29.1 Å². The van der Waals surface area contributed by atoms with E-state index in [-0.39, 0.29) is 60.4 Å². The van der Waals surface area contributed by atoms with Crippen molar-refractivity contribution < 1.29 is 50.5 Å². The number of ketones is 2. The van der Waals surface area contributed by atoms with E-state index in [1.807, 2.05) is 97.7 Å². The van der Waals surface area contributed by atoms with Crippen LogP contribution in [0, 0.1) is 7.43 Å². The summed E-state index contributed by atoms with van der Waals surface area (Å²) in [6.45, 7) is 8.43. The molecule has 395 valence electrons. The molecule has 3 fully saturated rings. The van der Waals surface area contributed by atoms with Crippen LogP contribution in [0.1, 0.15) is 75.0 Å². The first-order valence-electron chi connectivity index (χ1n) is 24.0. The minimum absolute atomic E-state index is 0. The third kappa shape index (κ3) is 22.7. The van der Waals surface area contributed by atoms with Gasteiger partial charge in [0.1, 0.15) is 0 Å². The molecule has 0 unspecified atom stereocenters. The Labute approximate surface area is 443 Å². The van der Waals surface area contributed by atoms with Crippen LogP contribution in [0.2, 0.25) is 0 Å². The van der Waals surface area contributed by atoms with Crippen LogP contribution in [0.25, 0.3) is 0 Å². The average molecular weight is 1070 g/mol. The molecule has 0 N–H and O–H groups in total.